The molecule has 0 aliphatic carbocycles. The van der Waals surface area contributed by atoms with Gasteiger partial charge in [-0.3, -0.25) is 9.69 Å². The molecule has 3 rings (SSSR count). The molecule has 9 heteroatoms. The number of para-hydroxylation sites is 1. The van der Waals surface area contributed by atoms with E-state index in [1.54, 1.807) is 18.9 Å². The summed E-state index contributed by atoms with van der Waals surface area (Å²) >= 11 is 0. The van der Waals surface area contributed by atoms with Gasteiger partial charge in [0.25, 0.3) is 0 Å². The lowest BCUT2D eigenvalue weighted by Crippen LogP contribution is -2.32. The Bertz CT molecular complexity index is 1060. The van der Waals surface area contributed by atoms with Crippen molar-refractivity contribution in [3.05, 3.63) is 65.0 Å². The normalized spacial score (nSPS) is 12.8. The van der Waals surface area contributed by atoms with E-state index in [2.05, 4.69) is 15.5 Å². The van der Waals surface area contributed by atoms with Crippen LogP contribution in [0.4, 0.5) is 18.9 Å². The first-order valence-electron chi connectivity index (χ1n) is 9.64. The summed E-state index contributed by atoms with van der Waals surface area (Å²) in [6.45, 7) is 5.68. The van der Waals surface area contributed by atoms with E-state index in [1.807, 2.05) is 32.0 Å². The number of amides is 1. The standard InChI is InChI=1S/C22H23F3N4O2/c1-13-7-5-8-14(2)19(13)26-18(30)12-29(4)15(3)21-27-20(28-31-21)16-9-6-10-17(11-16)22(23,24)25/h5-11,15H,12H2,1-4H3,(H,26,30). The number of anilines is 1. The number of aryl methyl sites for hydroxylation is 2. The van der Waals surface area contributed by atoms with Crippen molar-refractivity contribution in [3.63, 3.8) is 0 Å². The fraction of sp³-hybridized carbons (Fsp3) is 0.318. The zero-order valence-electron chi connectivity index (χ0n) is 17.6. The van der Waals surface area contributed by atoms with Crippen LogP contribution in [0, 0.1) is 13.8 Å². The summed E-state index contributed by atoms with van der Waals surface area (Å²) < 4.78 is 44.1. The van der Waals surface area contributed by atoms with Crippen LogP contribution in [0.5, 0.6) is 0 Å². The van der Waals surface area contributed by atoms with E-state index in [4.69, 9.17) is 4.52 Å². The van der Waals surface area contributed by atoms with Crippen LogP contribution in [0.3, 0.4) is 0 Å². The van der Waals surface area contributed by atoms with Crippen molar-refractivity contribution >= 4 is 11.6 Å². The molecule has 0 bridgehead atoms. The molecule has 1 atom stereocenters. The Morgan fingerprint density at radius 3 is 2.45 bits per heavy atom. The van der Waals surface area contributed by atoms with Gasteiger partial charge >= 0.3 is 6.18 Å². The van der Waals surface area contributed by atoms with Crippen molar-refractivity contribution in [1.29, 1.82) is 0 Å². The van der Waals surface area contributed by atoms with Crippen LogP contribution in [0.2, 0.25) is 0 Å². The zero-order chi connectivity index (χ0) is 22.8. The smallest absolute Gasteiger partial charge is 0.337 e. The Hall–Kier alpha value is -3.20. The van der Waals surface area contributed by atoms with E-state index in [0.29, 0.717) is 0 Å². The van der Waals surface area contributed by atoms with Gasteiger partial charge in [-0.2, -0.15) is 18.2 Å². The Labute approximate surface area is 178 Å². The van der Waals surface area contributed by atoms with E-state index in [0.717, 1.165) is 28.9 Å². The first kappa shape index (κ1) is 22.5. The minimum Gasteiger partial charge on any atom is -0.337 e. The third-order valence-electron chi connectivity index (χ3n) is 5.05. The minimum atomic E-state index is -4.46. The molecule has 2 aromatic carbocycles. The largest absolute Gasteiger partial charge is 0.416 e. The fourth-order valence-corrected chi connectivity index (χ4v) is 3.10. The topological polar surface area (TPSA) is 71.3 Å². The highest BCUT2D eigenvalue weighted by molar-refractivity contribution is 5.93. The summed E-state index contributed by atoms with van der Waals surface area (Å²) in [7, 11) is 1.73. The Balaban J connectivity index is 1.69. The van der Waals surface area contributed by atoms with Gasteiger partial charge in [0, 0.05) is 11.3 Å². The number of alkyl halides is 3. The van der Waals surface area contributed by atoms with E-state index in [-0.39, 0.29) is 29.7 Å². The Morgan fingerprint density at radius 1 is 1.16 bits per heavy atom. The number of rotatable bonds is 6. The molecule has 3 aromatic rings. The molecular weight excluding hydrogens is 409 g/mol. The highest BCUT2D eigenvalue weighted by Gasteiger charge is 2.31. The molecular formula is C22H23F3N4O2. The van der Waals surface area contributed by atoms with Crippen molar-refractivity contribution in [3.8, 4) is 11.4 Å². The highest BCUT2D eigenvalue weighted by Crippen LogP contribution is 2.32. The predicted octanol–water partition coefficient (Wildman–Crippen LogP) is 5.00. The van der Waals surface area contributed by atoms with Crippen molar-refractivity contribution in [2.24, 2.45) is 0 Å². The zero-order valence-corrected chi connectivity index (χ0v) is 17.6. The quantitative estimate of drug-likeness (QED) is 0.593. The maximum Gasteiger partial charge on any atom is 0.416 e. The average molecular weight is 432 g/mol. The third kappa shape index (κ3) is 5.29. The number of nitrogens with zero attached hydrogens (tertiary/aromatic N) is 3. The Morgan fingerprint density at radius 2 is 1.81 bits per heavy atom. The summed E-state index contributed by atoms with van der Waals surface area (Å²) in [5.74, 6) is 0.0560. The van der Waals surface area contributed by atoms with Gasteiger partial charge in [-0.05, 0) is 51.1 Å². The van der Waals surface area contributed by atoms with Gasteiger partial charge in [0.05, 0.1) is 18.2 Å². The van der Waals surface area contributed by atoms with Gasteiger partial charge in [-0.1, -0.05) is 35.5 Å². The van der Waals surface area contributed by atoms with E-state index < -0.39 is 17.8 Å². The molecule has 0 aliphatic rings. The number of nitrogens with one attached hydrogen (secondary N) is 1. The molecule has 1 heterocycles. The number of hydrogen-bond donors (Lipinski definition) is 1. The lowest BCUT2D eigenvalue weighted by molar-refractivity contribution is -0.137. The molecule has 164 valence electrons. The van der Waals surface area contributed by atoms with E-state index in [9.17, 15) is 18.0 Å². The molecule has 0 saturated carbocycles. The second-order valence-electron chi connectivity index (χ2n) is 7.44. The number of carbonyl (C=O) groups excluding carboxylic acids is 1. The molecule has 0 radical (unpaired) electrons. The average Bonchev–Trinajstić information content (AvgIpc) is 3.20. The van der Waals surface area contributed by atoms with Crippen molar-refractivity contribution in [1.82, 2.24) is 15.0 Å². The van der Waals surface area contributed by atoms with Crippen LogP contribution < -0.4 is 5.32 Å². The third-order valence-corrected chi connectivity index (χ3v) is 5.05. The number of aromatic nitrogens is 2. The molecule has 1 unspecified atom stereocenters. The fourth-order valence-electron chi connectivity index (χ4n) is 3.10. The summed E-state index contributed by atoms with van der Waals surface area (Å²) in [5.41, 5.74) is 2.12. The van der Waals surface area contributed by atoms with Crippen LogP contribution in [0.1, 0.15) is 35.5 Å². The van der Waals surface area contributed by atoms with Crippen molar-refractivity contribution in [2.75, 3.05) is 18.9 Å². The van der Waals surface area contributed by atoms with Crippen LogP contribution in [0.25, 0.3) is 11.4 Å². The maximum absolute atomic E-state index is 12.9. The SMILES string of the molecule is Cc1cccc(C)c1NC(=O)CN(C)C(C)c1nc(-c2cccc(C(F)(F)F)c2)no1. The number of carbonyl (C=O) groups is 1. The lowest BCUT2D eigenvalue weighted by atomic mass is 10.1. The van der Waals surface area contributed by atoms with Crippen LogP contribution >= 0.6 is 0 Å². The molecule has 1 N–H and O–H groups in total. The van der Waals surface area contributed by atoms with Gasteiger partial charge in [-0.25, -0.2) is 0 Å². The van der Waals surface area contributed by atoms with Gasteiger partial charge in [0.15, 0.2) is 0 Å². The molecule has 1 aromatic heterocycles. The maximum atomic E-state index is 12.9. The number of likely N-dealkylation sites (N-methyl/N-ethyl adjacent to an activating group) is 1. The first-order chi connectivity index (χ1) is 14.6. The molecule has 6 nitrogen and oxygen atoms in total. The van der Waals surface area contributed by atoms with Crippen LogP contribution in [-0.4, -0.2) is 34.5 Å². The molecule has 31 heavy (non-hydrogen) atoms. The molecule has 0 aliphatic heterocycles. The molecule has 0 spiro atoms. The Kier molecular flexibility index (Phi) is 6.45. The lowest BCUT2D eigenvalue weighted by Gasteiger charge is -2.21. The van der Waals surface area contributed by atoms with E-state index >= 15 is 0 Å². The molecule has 0 fully saturated rings. The predicted molar refractivity (Wildman–Crippen MR) is 110 cm³/mol. The van der Waals surface area contributed by atoms with Gasteiger partial charge in [0.1, 0.15) is 0 Å². The summed E-state index contributed by atoms with van der Waals surface area (Å²) in [6, 6.07) is 10.1. The number of hydrogen-bond acceptors (Lipinski definition) is 5. The summed E-state index contributed by atoms with van der Waals surface area (Å²) in [4.78, 5) is 18.4. The minimum absolute atomic E-state index is 0.0568. The van der Waals surface area contributed by atoms with Crippen molar-refractivity contribution in [2.45, 2.75) is 33.0 Å². The van der Waals surface area contributed by atoms with Crippen molar-refractivity contribution < 1.29 is 22.5 Å². The highest BCUT2D eigenvalue weighted by atomic mass is 19.4. The monoisotopic (exact) mass is 432 g/mol. The van der Waals surface area contributed by atoms with E-state index in [1.165, 1.54) is 12.1 Å². The van der Waals surface area contributed by atoms with Gasteiger partial charge in [0.2, 0.25) is 17.6 Å². The summed E-state index contributed by atoms with van der Waals surface area (Å²) in [6.07, 6.45) is -4.46. The second kappa shape index (κ2) is 8.89. The number of benzene rings is 2. The van der Waals surface area contributed by atoms with Crippen LogP contribution in [0.15, 0.2) is 47.0 Å². The summed E-state index contributed by atoms with van der Waals surface area (Å²) in [5, 5.41) is 6.72. The molecule has 0 saturated heterocycles. The van der Waals surface area contributed by atoms with Crippen LogP contribution in [-0.2, 0) is 11.0 Å². The molecule has 1 amide bonds. The second-order valence-corrected chi connectivity index (χ2v) is 7.44. The first-order valence-corrected chi connectivity index (χ1v) is 9.64. The number of halogens is 3. The van der Waals surface area contributed by atoms with Gasteiger partial charge < -0.3 is 9.84 Å². The van der Waals surface area contributed by atoms with Gasteiger partial charge in [-0.15, -0.1) is 0 Å².